The minimum absolute atomic E-state index is 0.00533. The second-order valence-electron chi connectivity index (χ2n) is 3.84. The molecule has 0 bridgehead atoms. The van der Waals surface area contributed by atoms with Crippen molar-refractivity contribution in [1.29, 1.82) is 0 Å². The van der Waals surface area contributed by atoms with E-state index in [1.807, 2.05) is 0 Å². The van der Waals surface area contributed by atoms with Crippen LogP contribution in [0.4, 0.5) is 10.5 Å². The molecule has 0 spiro atoms. The van der Waals surface area contributed by atoms with Crippen LogP contribution < -0.4 is 4.31 Å². The third kappa shape index (κ3) is 2.76. The molecule has 0 aliphatic rings. The lowest BCUT2D eigenvalue weighted by Gasteiger charge is -2.19. The van der Waals surface area contributed by atoms with Gasteiger partial charge in [-0.3, -0.25) is 0 Å². The smallest absolute Gasteiger partial charge is 0.426 e. The van der Waals surface area contributed by atoms with Crippen molar-refractivity contribution >= 4 is 33.4 Å². The van der Waals surface area contributed by atoms with E-state index in [2.05, 4.69) is 0 Å². The summed E-state index contributed by atoms with van der Waals surface area (Å²) in [6, 6.07) is 12.9. The first-order valence-electron chi connectivity index (χ1n) is 5.52. The fourth-order valence-electron chi connectivity index (χ4n) is 1.63. The second-order valence-corrected chi connectivity index (χ2v) is 6.06. The van der Waals surface area contributed by atoms with E-state index >= 15 is 0 Å². The highest BCUT2D eigenvalue weighted by Crippen LogP contribution is 2.25. The van der Waals surface area contributed by atoms with Gasteiger partial charge in [0.25, 0.3) is 10.0 Å². The number of benzene rings is 2. The van der Waals surface area contributed by atoms with Gasteiger partial charge >= 0.3 is 6.09 Å². The Morgan fingerprint density at radius 2 is 1.55 bits per heavy atom. The van der Waals surface area contributed by atoms with Gasteiger partial charge in [-0.2, -0.15) is 4.31 Å². The van der Waals surface area contributed by atoms with Crippen LogP contribution in [0.3, 0.4) is 0 Å². The van der Waals surface area contributed by atoms with Crippen molar-refractivity contribution in [2.75, 3.05) is 4.31 Å². The van der Waals surface area contributed by atoms with Crippen LogP contribution >= 0.6 is 11.6 Å². The molecule has 2 rings (SSSR count). The lowest BCUT2D eigenvalue weighted by molar-refractivity contribution is 0.206. The highest BCUT2D eigenvalue weighted by atomic mass is 35.5. The SMILES string of the molecule is O=C(O)N(c1ccc(Cl)cc1)S(=O)(=O)c1ccccc1. The van der Waals surface area contributed by atoms with Gasteiger partial charge in [-0.05, 0) is 36.4 Å². The number of carbonyl (C=O) groups is 1. The molecular weight excluding hydrogens is 302 g/mol. The third-order valence-electron chi connectivity index (χ3n) is 2.52. The third-order valence-corrected chi connectivity index (χ3v) is 4.48. The minimum Gasteiger partial charge on any atom is -0.464 e. The van der Waals surface area contributed by atoms with E-state index in [1.54, 1.807) is 6.07 Å². The quantitative estimate of drug-likeness (QED) is 0.944. The fraction of sp³-hybridized carbons (Fsp3) is 0. The first-order chi connectivity index (χ1) is 9.43. The van der Waals surface area contributed by atoms with Crippen LogP contribution in [0, 0.1) is 0 Å². The van der Waals surface area contributed by atoms with E-state index < -0.39 is 16.1 Å². The van der Waals surface area contributed by atoms with Crippen molar-refractivity contribution < 1.29 is 18.3 Å². The normalized spacial score (nSPS) is 11.1. The molecule has 0 unspecified atom stereocenters. The molecule has 0 heterocycles. The molecule has 0 saturated heterocycles. The maximum atomic E-state index is 12.4. The molecule has 0 saturated carbocycles. The molecule has 1 amide bonds. The summed E-state index contributed by atoms with van der Waals surface area (Å²) in [4.78, 5) is 11.2. The molecule has 5 nitrogen and oxygen atoms in total. The minimum atomic E-state index is -4.18. The molecule has 0 aliphatic carbocycles. The molecule has 0 aliphatic heterocycles. The number of hydrogen-bond donors (Lipinski definition) is 1. The average Bonchev–Trinajstić information content (AvgIpc) is 2.41. The molecule has 0 fully saturated rings. The van der Waals surface area contributed by atoms with E-state index in [-0.39, 0.29) is 10.6 Å². The topological polar surface area (TPSA) is 74.7 Å². The molecule has 2 aromatic carbocycles. The number of halogens is 1. The molecular formula is C13H10ClNO4S. The van der Waals surface area contributed by atoms with Crippen LogP contribution in [0.1, 0.15) is 0 Å². The Hall–Kier alpha value is -2.05. The molecule has 1 N–H and O–H groups in total. The zero-order chi connectivity index (χ0) is 14.8. The van der Waals surface area contributed by atoms with Crippen LogP contribution in [0.15, 0.2) is 59.5 Å². The highest BCUT2D eigenvalue weighted by molar-refractivity contribution is 7.93. The van der Waals surface area contributed by atoms with E-state index in [0.29, 0.717) is 9.33 Å². The molecule has 20 heavy (non-hydrogen) atoms. The van der Waals surface area contributed by atoms with Crippen molar-refractivity contribution in [3.8, 4) is 0 Å². The number of hydrogen-bond acceptors (Lipinski definition) is 3. The summed E-state index contributed by atoms with van der Waals surface area (Å²) in [6.45, 7) is 0. The first-order valence-corrected chi connectivity index (χ1v) is 7.33. The summed E-state index contributed by atoms with van der Waals surface area (Å²) < 4.78 is 25.1. The van der Waals surface area contributed by atoms with Crippen LogP contribution in [0.25, 0.3) is 0 Å². The molecule has 0 aromatic heterocycles. The van der Waals surface area contributed by atoms with Crippen LogP contribution in [-0.4, -0.2) is 19.6 Å². The lowest BCUT2D eigenvalue weighted by atomic mass is 10.3. The first kappa shape index (κ1) is 14.4. The largest absolute Gasteiger partial charge is 0.464 e. The van der Waals surface area contributed by atoms with Crippen LogP contribution in [0.5, 0.6) is 0 Å². The van der Waals surface area contributed by atoms with Gasteiger partial charge < -0.3 is 5.11 Å². The van der Waals surface area contributed by atoms with Gasteiger partial charge in [0.05, 0.1) is 10.6 Å². The number of amides is 1. The predicted octanol–water partition coefficient (Wildman–Crippen LogP) is 3.21. The summed E-state index contributed by atoms with van der Waals surface area (Å²) in [5.41, 5.74) is 0.00533. The number of rotatable bonds is 3. The number of anilines is 1. The molecule has 104 valence electrons. The van der Waals surface area contributed by atoms with Gasteiger partial charge in [-0.25, -0.2) is 13.2 Å². The maximum Gasteiger partial charge on any atom is 0.426 e. The Kier molecular flexibility index (Phi) is 3.96. The van der Waals surface area contributed by atoms with Crippen molar-refractivity contribution in [2.24, 2.45) is 0 Å². The number of nitrogens with zero attached hydrogens (tertiary/aromatic N) is 1. The maximum absolute atomic E-state index is 12.4. The molecule has 7 heteroatoms. The Morgan fingerprint density at radius 1 is 1.00 bits per heavy atom. The highest BCUT2D eigenvalue weighted by Gasteiger charge is 2.30. The predicted molar refractivity (Wildman–Crippen MR) is 75.6 cm³/mol. The van der Waals surface area contributed by atoms with Crippen molar-refractivity contribution in [1.82, 2.24) is 0 Å². The summed E-state index contributed by atoms with van der Waals surface area (Å²) in [6.07, 6.45) is -1.59. The summed E-state index contributed by atoms with van der Waals surface area (Å²) in [7, 11) is -4.18. The molecule has 0 atom stereocenters. The van der Waals surface area contributed by atoms with Crippen LogP contribution in [-0.2, 0) is 10.0 Å². The Bertz CT molecular complexity index is 714. The summed E-state index contributed by atoms with van der Waals surface area (Å²) >= 11 is 5.71. The molecule has 0 radical (unpaired) electrons. The zero-order valence-corrected chi connectivity index (χ0v) is 11.7. The fourth-order valence-corrected chi connectivity index (χ4v) is 3.07. The monoisotopic (exact) mass is 311 g/mol. The van der Waals surface area contributed by atoms with Gasteiger partial charge in [-0.1, -0.05) is 29.8 Å². The van der Waals surface area contributed by atoms with Gasteiger partial charge in [0.15, 0.2) is 0 Å². The van der Waals surface area contributed by atoms with Gasteiger partial charge in [-0.15, -0.1) is 0 Å². The Balaban J connectivity index is 2.54. The summed E-state index contributed by atoms with van der Waals surface area (Å²) in [5.74, 6) is 0. The average molecular weight is 312 g/mol. The van der Waals surface area contributed by atoms with Crippen molar-refractivity contribution in [3.05, 3.63) is 59.6 Å². The van der Waals surface area contributed by atoms with Crippen molar-refractivity contribution in [3.63, 3.8) is 0 Å². The van der Waals surface area contributed by atoms with E-state index in [0.717, 1.165) is 0 Å². The lowest BCUT2D eigenvalue weighted by Crippen LogP contribution is -2.35. The van der Waals surface area contributed by atoms with Gasteiger partial charge in [0.2, 0.25) is 0 Å². The zero-order valence-electron chi connectivity index (χ0n) is 10.1. The van der Waals surface area contributed by atoms with Crippen molar-refractivity contribution in [2.45, 2.75) is 4.90 Å². The van der Waals surface area contributed by atoms with Crippen LogP contribution in [0.2, 0.25) is 5.02 Å². The van der Waals surface area contributed by atoms with E-state index in [9.17, 15) is 18.3 Å². The van der Waals surface area contributed by atoms with Gasteiger partial charge in [0, 0.05) is 5.02 Å². The number of sulfonamides is 1. The second kappa shape index (κ2) is 5.52. The summed E-state index contributed by atoms with van der Waals surface area (Å²) in [5, 5.41) is 9.59. The van der Waals surface area contributed by atoms with Gasteiger partial charge in [0.1, 0.15) is 0 Å². The Morgan fingerprint density at radius 3 is 2.05 bits per heavy atom. The van der Waals surface area contributed by atoms with E-state index in [1.165, 1.54) is 48.5 Å². The Labute approximate surface area is 121 Å². The standard InChI is InChI=1S/C13H10ClNO4S/c14-10-6-8-11(9-7-10)15(13(16)17)20(18,19)12-4-2-1-3-5-12/h1-9H,(H,16,17). The molecule has 2 aromatic rings. The number of carboxylic acid groups (broad SMARTS) is 1. The van der Waals surface area contributed by atoms with E-state index in [4.69, 9.17) is 11.6 Å².